The van der Waals surface area contributed by atoms with Crippen LogP contribution in [0.5, 0.6) is 5.75 Å². The molecule has 0 atom stereocenters. The molecule has 108 valence electrons. The first-order chi connectivity index (χ1) is 10.3. The third-order valence-electron chi connectivity index (χ3n) is 3.08. The average molecular weight is 319 g/mol. The zero-order valence-electron chi connectivity index (χ0n) is 11.4. The molecular formula is C16H14FNOS2. The second-order valence-corrected chi connectivity index (χ2v) is 6.43. The van der Waals surface area contributed by atoms with Crippen LogP contribution in [0.3, 0.4) is 0 Å². The normalized spacial score (nSPS) is 10.6. The summed E-state index contributed by atoms with van der Waals surface area (Å²) in [5.74, 6) is -0.0930. The first kappa shape index (κ1) is 14.1. The summed E-state index contributed by atoms with van der Waals surface area (Å²) in [6.07, 6.45) is 0. The molecule has 0 aliphatic carbocycles. The summed E-state index contributed by atoms with van der Waals surface area (Å²) >= 11 is 3.46. The molecule has 0 saturated heterocycles. The number of thiophene rings is 2. The van der Waals surface area contributed by atoms with Crippen LogP contribution in [0.1, 0.15) is 4.88 Å². The Bertz CT molecular complexity index is 722. The molecule has 0 saturated carbocycles. The largest absolute Gasteiger partial charge is 0.494 e. The highest BCUT2D eigenvalue weighted by Gasteiger charge is 2.05. The van der Waals surface area contributed by atoms with Crippen molar-refractivity contribution in [3.63, 3.8) is 0 Å². The zero-order chi connectivity index (χ0) is 14.7. The number of halogens is 1. The fraction of sp³-hybridized carbons (Fsp3) is 0.125. The lowest BCUT2D eigenvalue weighted by molar-refractivity contribution is 0.387. The highest BCUT2D eigenvalue weighted by molar-refractivity contribution is 7.14. The third kappa shape index (κ3) is 3.25. The summed E-state index contributed by atoms with van der Waals surface area (Å²) in [7, 11) is 1.47. The van der Waals surface area contributed by atoms with Crippen LogP contribution in [-0.4, -0.2) is 7.11 Å². The molecule has 21 heavy (non-hydrogen) atoms. The summed E-state index contributed by atoms with van der Waals surface area (Å²) < 4.78 is 18.3. The summed E-state index contributed by atoms with van der Waals surface area (Å²) in [5.41, 5.74) is 2.10. The van der Waals surface area contributed by atoms with Crippen molar-refractivity contribution in [3.05, 3.63) is 57.9 Å². The molecule has 1 N–H and O–H groups in total. The average Bonchev–Trinajstić information content (AvgIpc) is 3.17. The van der Waals surface area contributed by atoms with Crippen molar-refractivity contribution in [1.82, 2.24) is 0 Å². The molecule has 5 heteroatoms. The van der Waals surface area contributed by atoms with E-state index < -0.39 is 0 Å². The van der Waals surface area contributed by atoms with Gasteiger partial charge in [0.2, 0.25) is 0 Å². The van der Waals surface area contributed by atoms with Gasteiger partial charge < -0.3 is 10.1 Å². The van der Waals surface area contributed by atoms with Crippen molar-refractivity contribution in [2.24, 2.45) is 0 Å². The molecule has 0 bridgehead atoms. The van der Waals surface area contributed by atoms with Gasteiger partial charge in [0, 0.05) is 33.6 Å². The van der Waals surface area contributed by atoms with Gasteiger partial charge in [0.15, 0.2) is 11.6 Å². The van der Waals surface area contributed by atoms with Gasteiger partial charge in [-0.1, -0.05) is 6.07 Å². The second kappa shape index (κ2) is 6.28. The van der Waals surface area contributed by atoms with Gasteiger partial charge in [-0.25, -0.2) is 4.39 Å². The zero-order valence-corrected chi connectivity index (χ0v) is 13.1. The fourth-order valence-electron chi connectivity index (χ4n) is 2.00. The van der Waals surface area contributed by atoms with Gasteiger partial charge >= 0.3 is 0 Å². The molecule has 3 rings (SSSR count). The highest BCUT2D eigenvalue weighted by atomic mass is 32.1. The Morgan fingerprint density at radius 1 is 1.19 bits per heavy atom. The fourth-order valence-corrected chi connectivity index (χ4v) is 3.62. The van der Waals surface area contributed by atoms with Crippen LogP contribution in [0.4, 0.5) is 10.1 Å². The molecule has 0 aliphatic heterocycles. The van der Waals surface area contributed by atoms with Crippen LogP contribution in [-0.2, 0) is 6.54 Å². The van der Waals surface area contributed by atoms with Gasteiger partial charge in [-0.3, -0.25) is 0 Å². The Morgan fingerprint density at radius 2 is 2.10 bits per heavy atom. The van der Waals surface area contributed by atoms with E-state index in [-0.39, 0.29) is 11.6 Å². The number of rotatable bonds is 5. The smallest absolute Gasteiger partial charge is 0.165 e. The number of nitrogens with one attached hydrogen (secondary N) is 1. The number of benzene rings is 1. The van der Waals surface area contributed by atoms with Crippen LogP contribution in [0.2, 0.25) is 0 Å². The lowest BCUT2D eigenvalue weighted by Crippen LogP contribution is -1.98. The maximum Gasteiger partial charge on any atom is 0.165 e. The van der Waals surface area contributed by atoms with Crippen LogP contribution in [0.15, 0.2) is 47.2 Å². The molecule has 2 heterocycles. The van der Waals surface area contributed by atoms with Crippen molar-refractivity contribution in [2.45, 2.75) is 6.54 Å². The van der Waals surface area contributed by atoms with Crippen molar-refractivity contribution in [3.8, 4) is 16.2 Å². The minimum absolute atomic E-state index is 0.255. The Labute approximate surface area is 130 Å². The maximum absolute atomic E-state index is 13.3. The quantitative estimate of drug-likeness (QED) is 0.694. The Hall–Kier alpha value is -1.85. The molecule has 0 unspecified atom stereocenters. The molecule has 0 radical (unpaired) electrons. The molecule has 0 aliphatic rings. The van der Waals surface area contributed by atoms with Crippen LogP contribution < -0.4 is 10.1 Å². The van der Waals surface area contributed by atoms with Crippen molar-refractivity contribution in [2.75, 3.05) is 12.4 Å². The van der Waals surface area contributed by atoms with Crippen molar-refractivity contribution in [1.29, 1.82) is 0 Å². The number of anilines is 1. The van der Waals surface area contributed by atoms with Gasteiger partial charge in [-0.2, -0.15) is 0 Å². The van der Waals surface area contributed by atoms with E-state index in [0.29, 0.717) is 6.54 Å². The summed E-state index contributed by atoms with van der Waals surface area (Å²) in [6, 6.07) is 11.2. The number of methoxy groups -OCH3 is 1. The molecule has 0 amide bonds. The predicted octanol–water partition coefficient (Wildman–Crippen LogP) is 5.24. The molecule has 2 nitrogen and oxygen atoms in total. The lowest BCUT2D eigenvalue weighted by Gasteiger charge is -2.07. The second-order valence-electron chi connectivity index (χ2n) is 4.48. The first-order valence-electron chi connectivity index (χ1n) is 6.45. The molecule has 2 aromatic heterocycles. The number of hydrogen-bond acceptors (Lipinski definition) is 4. The van der Waals surface area contributed by atoms with Gasteiger partial charge in [0.25, 0.3) is 0 Å². The van der Waals surface area contributed by atoms with E-state index in [1.54, 1.807) is 34.8 Å². The summed E-state index contributed by atoms with van der Waals surface area (Å²) in [5, 5.41) is 7.53. The van der Waals surface area contributed by atoms with Gasteiger partial charge in [-0.05, 0) is 35.0 Å². The maximum atomic E-state index is 13.3. The first-order valence-corrected chi connectivity index (χ1v) is 8.21. The number of ether oxygens (including phenoxy) is 1. The Kier molecular flexibility index (Phi) is 4.22. The third-order valence-corrected chi connectivity index (χ3v) is 4.93. The topological polar surface area (TPSA) is 21.3 Å². The van der Waals surface area contributed by atoms with Gasteiger partial charge in [0.1, 0.15) is 0 Å². The molecule has 1 aromatic carbocycles. The lowest BCUT2D eigenvalue weighted by atomic mass is 10.2. The Balaban J connectivity index is 1.68. The number of hydrogen-bond donors (Lipinski definition) is 1. The van der Waals surface area contributed by atoms with Crippen molar-refractivity contribution >= 4 is 28.4 Å². The van der Waals surface area contributed by atoms with Crippen molar-refractivity contribution < 1.29 is 9.13 Å². The highest BCUT2D eigenvalue weighted by Crippen LogP contribution is 2.30. The van der Waals surface area contributed by atoms with E-state index in [4.69, 9.17) is 4.74 Å². The van der Waals surface area contributed by atoms with E-state index >= 15 is 0 Å². The van der Waals surface area contributed by atoms with Gasteiger partial charge in [0.05, 0.1) is 7.11 Å². The van der Waals surface area contributed by atoms with E-state index in [1.165, 1.54) is 28.5 Å². The van der Waals surface area contributed by atoms with E-state index in [0.717, 1.165) is 5.69 Å². The monoisotopic (exact) mass is 319 g/mol. The van der Waals surface area contributed by atoms with E-state index in [9.17, 15) is 4.39 Å². The summed E-state index contributed by atoms with van der Waals surface area (Å²) in [4.78, 5) is 2.52. The van der Waals surface area contributed by atoms with Crippen LogP contribution >= 0.6 is 22.7 Å². The SMILES string of the molecule is COc1cc(NCc2cc(-c3cccs3)cs2)ccc1F. The molecule has 3 aromatic rings. The minimum Gasteiger partial charge on any atom is -0.494 e. The minimum atomic E-state index is -0.348. The van der Waals surface area contributed by atoms with Crippen LogP contribution in [0.25, 0.3) is 10.4 Å². The van der Waals surface area contributed by atoms with E-state index in [1.807, 2.05) is 0 Å². The predicted molar refractivity (Wildman–Crippen MR) is 87.9 cm³/mol. The van der Waals surface area contributed by atoms with Crippen LogP contribution in [0, 0.1) is 5.82 Å². The molecule has 0 spiro atoms. The van der Waals surface area contributed by atoms with E-state index in [2.05, 4.69) is 34.3 Å². The standard InChI is InChI=1S/C16H14FNOS2/c1-19-15-8-12(4-5-14(15)17)18-9-13-7-11(10-21-13)16-3-2-6-20-16/h2-8,10,18H,9H2,1H3. The Morgan fingerprint density at radius 3 is 2.86 bits per heavy atom. The van der Waals surface area contributed by atoms with Gasteiger partial charge in [-0.15, -0.1) is 22.7 Å². The molecular weight excluding hydrogens is 305 g/mol. The molecule has 0 fully saturated rings. The summed E-state index contributed by atoms with van der Waals surface area (Å²) in [6.45, 7) is 0.713.